The molecule has 0 heterocycles. The standard InChI is InChI=1S/C11H12ClFO/c1-7(2)11(14)6-8-9(12)4-3-5-10(8)13/h3-5,7H,6H2,1-2H3. The molecule has 14 heavy (non-hydrogen) atoms. The van der Waals surface area contributed by atoms with E-state index in [1.165, 1.54) is 12.1 Å². The van der Waals surface area contributed by atoms with E-state index < -0.39 is 5.82 Å². The summed E-state index contributed by atoms with van der Waals surface area (Å²) in [5.74, 6) is -0.505. The Morgan fingerprint density at radius 2 is 2.14 bits per heavy atom. The van der Waals surface area contributed by atoms with E-state index in [1.54, 1.807) is 19.9 Å². The number of halogens is 2. The summed E-state index contributed by atoms with van der Waals surface area (Å²) in [6, 6.07) is 4.43. The summed E-state index contributed by atoms with van der Waals surface area (Å²) in [6.45, 7) is 3.58. The molecule has 0 bridgehead atoms. The second-order valence-electron chi connectivity index (χ2n) is 3.50. The number of ketones is 1. The van der Waals surface area contributed by atoms with E-state index in [0.29, 0.717) is 10.6 Å². The Hall–Kier alpha value is -0.890. The summed E-state index contributed by atoms with van der Waals surface area (Å²) < 4.78 is 13.2. The summed E-state index contributed by atoms with van der Waals surface area (Å²) in [4.78, 5) is 11.4. The molecule has 0 saturated carbocycles. The number of carbonyl (C=O) groups excluding carboxylic acids is 1. The lowest BCUT2D eigenvalue weighted by Crippen LogP contribution is -2.11. The van der Waals surface area contributed by atoms with Crippen LogP contribution in [0.25, 0.3) is 0 Å². The predicted molar refractivity (Wildman–Crippen MR) is 55.0 cm³/mol. The average molecular weight is 215 g/mol. The van der Waals surface area contributed by atoms with Crippen LogP contribution in [0.2, 0.25) is 5.02 Å². The molecule has 0 aliphatic rings. The van der Waals surface area contributed by atoms with Crippen molar-refractivity contribution in [2.24, 2.45) is 5.92 Å². The van der Waals surface area contributed by atoms with E-state index >= 15 is 0 Å². The van der Waals surface area contributed by atoms with Gasteiger partial charge >= 0.3 is 0 Å². The highest BCUT2D eigenvalue weighted by Crippen LogP contribution is 2.20. The minimum absolute atomic E-state index is 0.00278. The zero-order chi connectivity index (χ0) is 10.7. The number of hydrogen-bond acceptors (Lipinski definition) is 1. The normalized spacial score (nSPS) is 10.6. The van der Waals surface area contributed by atoms with E-state index in [4.69, 9.17) is 11.6 Å². The van der Waals surface area contributed by atoms with Crippen molar-refractivity contribution in [2.75, 3.05) is 0 Å². The molecule has 1 aromatic carbocycles. The molecule has 0 saturated heterocycles. The fourth-order valence-corrected chi connectivity index (χ4v) is 1.31. The molecule has 0 aliphatic carbocycles. The van der Waals surface area contributed by atoms with E-state index in [2.05, 4.69) is 0 Å². The Balaban J connectivity index is 2.91. The first-order chi connectivity index (χ1) is 6.52. The molecule has 0 aromatic heterocycles. The van der Waals surface area contributed by atoms with Crippen molar-refractivity contribution in [1.82, 2.24) is 0 Å². The SMILES string of the molecule is CC(C)C(=O)Cc1c(F)cccc1Cl. The van der Waals surface area contributed by atoms with Crippen LogP contribution >= 0.6 is 11.6 Å². The van der Waals surface area contributed by atoms with Gasteiger partial charge in [-0.2, -0.15) is 0 Å². The lowest BCUT2D eigenvalue weighted by Gasteiger charge is -2.06. The molecule has 0 N–H and O–H groups in total. The van der Waals surface area contributed by atoms with Crippen molar-refractivity contribution in [2.45, 2.75) is 20.3 Å². The molecule has 1 rings (SSSR count). The minimum Gasteiger partial charge on any atom is -0.299 e. The van der Waals surface area contributed by atoms with E-state index in [0.717, 1.165) is 0 Å². The maximum atomic E-state index is 13.2. The topological polar surface area (TPSA) is 17.1 Å². The minimum atomic E-state index is -0.411. The third kappa shape index (κ3) is 2.55. The molecule has 0 fully saturated rings. The molecule has 0 unspecified atom stereocenters. The molecule has 0 radical (unpaired) electrons. The zero-order valence-electron chi connectivity index (χ0n) is 8.18. The summed E-state index contributed by atoms with van der Waals surface area (Å²) in [7, 11) is 0. The van der Waals surface area contributed by atoms with Crippen LogP contribution in [0, 0.1) is 11.7 Å². The Bertz CT molecular complexity index is 327. The Labute approximate surface area is 87.9 Å². The van der Waals surface area contributed by atoms with E-state index in [1.807, 2.05) is 0 Å². The average Bonchev–Trinajstić information content (AvgIpc) is 2.11. The lowest BCUT2D eigenvalue weighted by molar-refractivity contribution is -0.121. The van der Waals surface area contributed by atoms with Crippen LogP contribution in [0.5, 0.6) is 0 Å². The van der Waals surface area contributed by atoms with Gasteiger partial charge in [0, 0.05) is 22.9 Å². The van der Waals surface area contributed by atoms with Gasteiger partial charge in [-0.25, -0.2) is 4.39 Å². The molecule has 0 aliphatic heterocycles. The van der Waals surface area contributed by atoms with Gasteiger partial charge in [-0.3, -0.25) is 4.79 Å². The summed E-state index contributed by atoms with van der Waals surface area (Å²) >= 11 is 5.79. The first-order valence-corrected chi connectivity index (χ1v) is 4.85. The lowest BCUT2D eigenvalue weighted by atomic mass is 10.0. The van der Waals surface area contributed by atoms with Crippen LogP contribution in [0.1, 0.15) is 19.4 Å². The van der Waals surface area contributed by atoms with E-state index in [9.17, 15) is 9.18 Å². The number of rotatable bonds is 3. The van der Waals surface area contributed by atoms with E-state index in [-0.39, 0.29) is 18.1 Å². The van der Waals surface area contributed by atoms with Gasteiger partial charge in [0.25, 0.3) is 0 Å². The molecule has 3 heteroatoms. The van der Waals surface area contributed by atoms with Crippen molar-refractivity contribution in [3.8, 4) is 0 Å². The highest BCUT2D eigenvalue weighted by molar-refractivity contribution is 6.31. The van der Waals surface area contributed by atoms with Crippen LogP contribution < -0.4 is 0 Å². The fourth-order valence-electron chi connectivity index (χ4n) is 1.08. The number of carbonyl (C=O) groups is 1. The fraction of sp³-hybridized carbons (Fsp3) is 0.364. The second kappa shape index (κ2) is 4.56. The van der Waals surface area contributed by atoms with Crippen molar-refractivity contribution in [1.29, 1.82) is 0 Å². The molecule has 1 aromatic rings. The van der Waals surface area contributed by atoms with Crippen molar-refractivity contribution < 1.29 is 9.18 Å². The summed E-state index contributed by atoms with van der Waals surface area (Å²) in [5, 5.41) is 0.319. The predicted octanol–water partition coefficient (Wildman–Crippen LogP) is 3.25. The van der Waals surface area contributed by atoms with Gasteiger partial charge in [0.05, 0.1) is 0 Å². The molecule has 0 amide bonds. The molecule has 1 nitrogen and oxygen atoms in total. The number of hydrogen-bond donors (Lipinski definition) is 0. The maximum absolute atomic E-state index is 13.2. The maximum Gasteiger partial charge on any atom is 0.139 e. The summed E-state index contributed by atoms with van der Waals surface area (Å²) in [6.07, 6.45) is 0.0726. The largest absolute Gasteiger partial charge is 0.299 e. The van der Waals surface area contributed by atoms with Gasteiger partial charge in [-0.15, -0.1) is 0 Å². The first-order valence-electron chi connectivity index (χ1n) is 4.48. The first kappa shape index (κ1) is 11.2. The van der Waals surface area contributed by atoms with Crippen LogP contribution in [0.3, 0.4) is 0 Å². The quantitative estimate of drug-likeness (QED) is 0.755. The van der Waals surface area contributed by atoms with Crippen molar-refractivity contribution in [3.05, 3.63) is 34.6 Å². The van der Waals surface area contributed by atoms with Gasteiger partial charge < -0.3 is 0 Å². The van der Waals surface area contributed by atoms with Crippen LogP contribution in [-0.2, 0) is 11.2 Å². The smallest absolute Gasteiger partial charge is 0.139 e. The molecule has 0 atom stereocenters. The third-order valence-corrected chi connectivity index (χ3v) is 2.41. The van der Waals surface area contributed by atoms with Gasteiger partial charge in [0.15, 0.2) is 0 Å². The molecule has 0 spiro atoms. The molecule has 76 valence electrons. The second-order valence-corrected chi connectivity index (χ2v) is 3.91. The third-order valence-electron chi connectivity index (χ3n) is 2.06. The molecular formula is C11H12ClFO. The molecular weight excluding hydrogens is 203 g/mol. The summed E-state index contributed by atoms with van der Waals surface area (Å²) in [5.41, 5.74) is 0.299. The van der Waals surface area contributed by atoms with Gasteiger partial charge in [-0.1, -0.05) is 31.5 Å². The van der Waals surface area contributed by atoms with Gasteiger partial charge in [-0.05, 0) is 12.1 Å². The van der Waals surface area contributed by atoms with Gasteiger partial charge in [0.2, 0.25) is 0 Å². The van der Waals surface area contributed by atoms with Crippen LogP contribution in [-0.4, -0.2) is 5.78 Å². The monoisotopic (exact) mass is 214 g/mol. The van der Waals surface area contributed by atoms with Gasteiger partial charge in [0.1, 0.15) is 11.6 Å². The number of benzene rings is 1. The highest BCUT2D eigenvalue weighted by Gasteiger charge is 2.13. The number of Topliss-reactive ketones (excluding diaryl/α,β-unsaturated/α-hetero) is 1. The Morgan fingerprint density at radius 3 is 2.64 bits per heavy atom. The van der Waals surface area contributed by atoms with Crippen LogP contribution in [0.4, 0.5) is 4.39 Å². The van der Waals surface area contributed by atoms with Crippen molar-refractivity contribution >= 4 is 17.4 Å². The Kier molecular flexibility index (Phi) is 3.64. The zero-order valence-corrected chi connectivity index (χ0v) is 8.94. The van der Waals surface area contributed by atoms with Crippen LogP contribution in [0.15, 0.2) is 18.2 Å². The van der Waals surface area contributed by atoms with Crippen molar-refractivity contribution in [3.63, 3.8) is 0 Å². The highest BCUT2D eigenvalue weighted by atomic mass is 35.5. The Morgan fingerprint density at radius 1 is 1.50 bits per heavy atom.